The SMILES string of the molecule is CS(=O)(=O)N(CCCC(=O)NCC1CCCCC1)c1ccccc1Oc1ccccc1. The van der Waals surface area contributed by atoms with Crippen LogP contribution >= 0.6 is 0 Å². The van der Waals surface area contributed by atoms with Crippen molar-refractivity contribution < 1.29 is 17.9 Å². The van der Waals surface area contributed by atoms with Crippen LogP contribution < -0.4 is 14.4 Å². The number of nitrogens with zero attached hydrogens (tertiary/aromatic N) is 1. The number of nitrogens with one attached hydrogen (secondary N) is 1. The number of carbonyl (C=O) groups is 1. The van der Waals surface area contributed by atoms with E-state index >= 15 is 0 Å². The molecule has 2 aromatic rings. The van der Waals surface area contributed by atoms with Gasteiger partial charge in [-0.2, -0.15) is 0 Å². The second-order valence-corrected chi connectivity index (χ2v) is 10.0. The zero-order valence-electron chi connectivity index (χ0n) is 18.1. The Morgan fingerprint density at radius 1 is 1.03 bits per heavy atom. The van der Waals surface area contributed by atoms with Crippen molar-refractivity contribution in [3.05, 3.63) is 54.6 Å². The molecule has 1 amide bonds. The molecule has 1 N–H and O–H groups in total. The maximum atomic E-state index is 12.5. The van der Waals surface area contributed by atoms with Gasteiger partial charge in [-0.3, -0.25) is 9.10 Å². The summed E-state index contributed by atoms with van der Waals surface area (Å²) < 4.78 is 32.3. The summed E-state index contributed by atoms with van der Waals surface area (Å²) >= 11 is 0. The number of amides is 1. The molecule has 3 rings (SSSR count). The van der Waals surface area contributed by atoms with Gasteiger partial charge in [-0.25, -0.2) is 8.42 Å². The summed E-state index contributed by atoms with van der Waals surface area (Å²) in [4.78, 5) is 12.3. The lowest BCUT2D eigenvalue weighted by Crippen LogP contribution is -2.33. The molecule has 0 unspecified atom stereocenters. The number of ether oxygens (including phenoxy) is 1. The quantitative estimate of drug-likeness (QED) is 0.575. The van der Waals surface area contributed by atoms with E-state index in [1.54, 1.807) is 24.3 Å². The highest BCUT2D eigenvalue weighted by Crippen LogP contribution is 2.33. The number of hydrogen-bond acceptors (Lipinski definition) is 4. The van der Waals surface area contributed by atoms with E-state index in [9.17, 15) is 13.2 Å². The van der Waals surface area contributed by atoms with Crippen LogP contribution in [0.3, 0.4) is 0 Å². The van der Waals surface area contributed by atoms with Gasteiger partial charge in [-0.05, 0) is 49.4 Å². The summed E-state index contributed by atoms with van der Waals surface area (Å²) in [6.07, 6.45) is 8.05. The van der Waals surface area contributed by atoms with Crippen LogP contribution in [0.4, 0.5) is 5.69 Å². The van der Waals surface area contributed by atoms with Gasteiger partial charge < -0.3 is 10.1 Å². The van der Waals surface area contributed by atoms with E-state index in [-0.39, 0.29) is 12.5 Å². The van der Waals surface area contributed by atoms with Crippen LogP contribution in [-0.2, 0) is 14.8 Å². The van der Waals surface area contributed by atoms with Crippen LogP contribution in [0.15, 0.2) is 54.6 Å². The largest absolute Gasteiger partial charge is 0.455 e. The average molecular weight is 445 g/mol. The molecule has 0 aromatic heterocycles. The van der Waals surface area contributed by atoms with Crippen molar-refractivity contribution >= 4 is 21.6 Å². The van der Waals surface area contributed by atoms with Crippen molar-refractivity contribution in [2.24, 2.45) is 5.92 Å². The summed E-state index contributed by atoms with van der Waals surface area (Å²) in [5.74, 6) is 1.64. The molecule has 0 heterocycles. The van der Waals surface area contributed by atoms with Crippen molar-refractivity contribution in [2.75, 3.05) is 23.7 Å². The Balaban J connectivity index is 1.60. The Hall–Kier alpha value is -2.54. The van der Waals surface area contributed by atoms with Gasteiger partial charge in [0.2, 0.25) is 15.9 Å². The van der Waals surface area contributed by atoms with Gasteiger partial charge in [-0.1, -0.05) is 49.6 Å². The molecule has 1 saturated carbocycles. The number of sulfonamides is 1. The Bertz CT molecular complexity index is 941. The molecule has 0 atom stereocenters. The first-order valence-corrected chi connectivity index (χ1v) is 12.8. The molecule has 0 bridgehead atoms. The summed E-state index contributed by atoms with van der Waals surface area (Å²) in [6.45, 7) is 0.938. The first-order chi connectivity index (χ1) is 14.9. The molecule has 1 aliphatic carbocycles. The van der Waals surface area contributed by atoms with Crippen LogP contribution in [0.25, 0.3) is 0 Å². The Kier molecular flexibility index (Phi) is 8.35. The van der Waals surface area contributed by atoms with Gasteiger partial charge in [0.25, 0.3) is 0 Å². The maximum Gasteiger partial charge on any atom is 0.232 e. The van der Waals surface area contributed by atoms with Crippen LogP contribution in [0, 0.1) is 5.92 Å². The molecule has 0 radical (unpaired) electrons. The third-order valence-corrected chi connectivity index (χ3v) is 6.76. The molecule has 168 valence electrons. The lowest BCUT2D eigenvalue weighted by Gasteiger charge is -2.25. The van der Waals surface area contributed by atoms with Gasteiger partial charge in [0.05, 0.1) is 11.9 Å². The molecule has 7 heteroatoms. The lowest BCUT2D eigenvalue weighted by molar-refractivity contribution is -0.121. The van der Waals surface area contributed by atoms with Gasteiger partial charge >= 0.3 is 0 Å². The van der Waals surface area contributed by atoms with Crippen LogP contribution in [0.1, 0.15) is 44.9 Å². The molecule has 31 heavy (non-hydrogen) atoms. The van der Waals surface area contributed by atoms with E-state index in [1.165, 1.54) is 42.7 Å². The minimum Gasteiger partial charge on any atom is -0.455 e. The zero-order chi connectivity index (χ0) is 22.1. The Labute approximate surface area is 185 Å². The minimum atomic E-state index is -3.54. The number of anilines is 1. The number of rotatable bonds is 10. The Morgan fingerprint density at radius 2 is 1.71 bits per heavy atom. The number of para-hydroxylation sites is 3. The van der Waals surface area contributed by atoms with E-state index in [0.29, 0.717) is 35.9 Å². The first-order valence-electron chi connectivity index (χ1n) is 11.0. The molecule has 1 fully saturated rings. The third-order valence-electron chi connectivity index (χ3n) is 5.58. The van der Waals surface area contributed by atoms with Crippen molar-refractivity contribution in [1.82, 2.24) is 5.32 Å². The molecular weight excluding hydrogens is 412 g/mol. The molecule has 0 saturated heterocycles. The molecule has 0 aliphatic heterocycles. The average Bonchev–Trinajstić information content (AvgIpc) is 2.77. The number of carbonyl (C=O) groups excluding carboxylic acids is 1. The summed E-state index contributed by atoms with van der Waals surface area (Å²) in [5, 5.41) is 3.02. The first kappa shape index (κ1) is 23.1. The van der Waals surface area contributed by atoms with Crippen molar-refractivity contribution in [2.45, 2.75) is 44.9 Å². The highest BCUT2D eigenvalue weighted by Gasteiger charge is 2.22. The monoisotopic (exact) mass is 444 g/mol. The lowest BCUT2D eigenvalue weighted by atomic mass is 9.89. The van der Waals surface area contributed by atoms with Crippen molar-refractivity contribution in [3.63, 3.8) is 0 Å². The molecule has 1 aliphatic rings. The summed E-state index contributed by atoms with van der Waals surface area (Å²) in [5.41, 5.74) is 0.469. The highest BCUT2D eigenvalue weighted by atomic mass is 32.2. The predicted molar refractivity (Wildman–Crippen MR) is 124 cm³/mol. The van der Waals surface area contributed by atoms with Gasteiger partial charge in [0.1, 0.15) is 5.75 Å². The van der Waals surface area contributed by atoms with Gasteiger partial charge in [0.15, 0.2) is 5.75 Å². The van der Waals surface area contributed by atoms with E-state index < -0.39 is 10.0 Å². The predicted octanol–water partition coefficient (Wildman–Crippen LogP) is 4.72. The van der Waals surface area contributed by atoms with Crippen LogP contribution in [0.2, 0.25) is 0 Å². The Morgan fingerprint density at radius 3 is 2.42 bits per heavy atom. The summed E-state index contributed by atoms with van der Waals surface area (Å²) in [6, 6.07) is 16.3. The topological polar surface area (TPSA) is 75.7 Å². The van der Waals surface area contributed by atoms with Crippen LogP contribution in [-0.4, -0.2) is 33.7 Å². The van der Waals surface area contributed by atoms with E-state index in [2.05, 4.69) is 5.32 Å². The fraction of sp³-hybridized carbons (Fsp3) is 0.458. The fourth-order valence-electron chi connectivity index (χ4n) is 3.95. The second kappa shape index (κ2) is 11.2. The summed E-state index contributed by atoms with van der Waals surface area (Å²) in [7, 11) is -3.54. The van der Waals surface area contributed by atoms with Gasteiger partial charge in [0, 0.05) is 19.5 Å². The van der Waals surface area contributed by atoms with Gasteiger partial charge in [-0.15, -0.1) is 0 Å². The van der Waals surface area contributed by atoms with Crippen molar-refractivity contribution in [1.29, 1.82) is 0 Å². The zero-order valence-corrected chi connectivity index (χ0v) is 18.9. The highest BCUT2D eigenvalue weighted by molar-refractivity contribution is 7.92. The van der Waals surface area contributed by atoms with Crippen LogP contribution in [0.5, 0.6) is 11.5 Å². The van der Waals surface area contributed by atoms with E-state index in [0.717, 1.165) is 6.54 Å². The number of benzene rings is 2. The smallest absolute Gasteiger partial charge is 0.232 e. The van der Waals surface area contributed by atoms with E-state index in [1.807, 2.05) is 30.3 Å². The van der Waals surface area contributed by atoms with E-state index in [4.69, 9.17) is 4.74 Å². The molecule has 6 nitrogen and oxygen atoms in total. The standard InChI is InChI=1S/C24H32N2O4S/c1-31(28,29)26(18-10-17-24(27)25-19-20-11-4-2-5-12-20)22-15-8-9-16-23(22)30-21-13-6-3-7-14-21/h3,6-9,13-16,20H,2,4-5,10-12,17-19H2,1H3,(H,25,27). The number of hydrogen-bond donors (Lipinski definition) is 1. The molecule has 2 aromatic carbocycles. The molecular formula is C24H32N2O4S. The normalized spacial score (nSPS) is 14.7. The molecule has 0 spiro atoms. The maximum absolute atomic E-state index is 12.5. The van der Waals surface area contributed by atoms with Crippen molar-refractivity contribution in [3.8, 4) is 11.5 Å². The fourth-order valence-corrected chi connectivity index (χ4v) is 4.92. The second-order valence-electron chi connectivity index (χ2n) is 8.13. The minimum absolute atomic E-state index is 0.0205. The third kappa shape index (κ3) is 7.28.